The van der Waals surface area contributed by atoms with Crippen LogP contribution in [-0.4, -0.2) is 29.0 Å². The zero-order valence-corrected chi connectivity index (χ0v) is 13.6. The number of nitrogens with two attached hydrogens (primary N) is 1. The van der Waals surface area contributed by atoms with Crippen LogP contribution in [0.1, 0.15) is 16.1 Å². The summed E-state index contributed by atoms with van der Waals surface area (Å²) in [5.41, 5.74) is 5.53. The van der Waals surface area contributed by atoms with Gasteiger partial charge in [0, 0.05) is 19.3 Å². The fourth-order valence-corrected chi connectivity index (χ4v) is 2.59. The van der Waals surface area contributed by atoms with Gasteiger partial charge in [-0.1, -0.05) is 6.07 Å². The third-order valence-corrected chi connectivity index (χ3v) is 4.10. The van der Waals surface area contributed by atoms with Crippen molar-refractivity contribution in [3.63, 3.8) is 0 Å². The molecule has 0 unspecified atom stereocenters. The molecule has 0 aliphatic carbocycles. The number of aromatic nitrogens is 2. The molecule has 0 saturated heterocycles. The molecule has 20 heavy (non-hydrogen) atoms. The van der Waals surface area contributed by atoms with E-state index in [0.29, 0.717) is 13.1 Å². The molecule has 0 aliphatic rings. The van der Waals surface area contributed by atoms with Crippen molar-refractivity contribution in [3.05, 3.63) is 32.2 Å². The molecular weight excluding hydrogens is 389 g/mol. The first-order valence-corrected chi connectivity index (χ1v) is 7.96. The highest BCUT2D eigenvalue weighted by atomic mass is 127. The first-order valence-electron chi connectivity index (χ1n) is 6.00. The number of carbonyl (C=O) groups is 1. The van der Waals surface area contributed by atoms with Crippen molar-refractivity contribution in [1.29, 1.82) is 0 Å². The van der Waals surface area contributed by atoms with E-state index < -0.39 is 0 Å². The largest absolute Gasteiger partial charge is 0.369 e. The Bertz CT molecular complexity index is 575. The first kappa shape index (κ1) is 15.0. The lowest BCUT2D eigenvalue weighted by Crippen LogP contribution is -2.25. The number of anilines is 2. The molecule has 4 N–H and O–H groups in total. The van der Waals surface area contributed by atoms with Crippen molar-refractivity contribution >= 4 is 51.6 Å². The Labute approximate surface area is 134 Å². The second-order valence-electron chi connectivity index (χ2n) is 3.94. The van der Waals surface area contributed by atoms with Gasteiger partial charge in [0.15, 0.2) is 0 Å². The minimum absolute atomic E-state index is 0.0270. The van der Waals surface area contributed by atoms with Crippen LogP contribution in [0.15, 0.2) is 23.7 Å². The zero-order valence-electron chi connectivity index (χ0n) is 10.6. The molecule has 1 amide bonds. The summed E-state index contributed by atoms with van der Waals surface area (Å²) >= 11 is 3.58. The summed E-state index contributed by atoms with van der Waals surface area (Å²) in [4.78, 5) is 20.4. The molecule has 2 aromatic heterocycles. The number of hydrogen-bond acceptors (Lipinski definition) is 6. The number of nitrogen functional groups attached to an aromatic ring is 1. The van der Waals surface area contributed by atoms with Crippen LogP contribution in [0, 0.1) is 3.57 Å². The number of thiophene rings is 1. The number of rotatable bonds is 6. The first-order chi connectivity index (χ1) is 9.66. The van der Waals surface area contributed by atoms with E-state index >= 15 is 0 Å². The quantitative estimate of drug-likeness (QED) is 0.507. The second-order valence-corrected chi connectivity index (χ2v) is 6.05. The Balaban J connectivity index is 1.69. The van der Waals surface area contributed by atoms with Gasteiger partial charge >= 0.3 is 0 Å². The monoisotopic (exact) mass is 403 g/mol. The molecule has 2 rings (SSSR count). The number of hydrogen-bond donors (Lipinski definition) is 3. The molecule has 2 aromatic rings. The summed E-state index contributed by atoms with van der Waals surface area (Å²) in [5.74, 6) is 0.947. The molecule has 0 fully saturated rings. The Morgan fingerprint density at radius 2 is 2.30 bits per heavy atom. The van der Waals surface area contributed by atoms with E-state index in [9.17, 15) is 4.79 Å². The standard InChI is InChI=1S/C12H14IN5OS/c13-8-7-17-12(14)18-10(8)15-4-2-5-16-11(19)9-3-1-6-20-9/h1,3,6-7H,2,4-5H2,(H,16,19)(H3,14,15,17,18). The van der Waals surface area contributed by atoms with Gasteiger partial charge in [-0.2, -0.15) is 4.98 Å². The van der Waals surface area contributed by atoms with Crippen LogP contribution in [0.3, 0.4) is 0 Å². The molecule has 0 radical (unpaired) electrons. The maximum Gasteiger partial charge on any atom is 0.261 e. The van der Waals surface area contributed by atoms with Gasteiger partial charge in [-0.25, -0.2) is 4.98 Å². The summed E-state index contributed by atoms with van der Waals surface area (Å²) in [6, 6.07) is 3.67. The Kier molecular flexibility index (Phi) is 5.53. The average Bonchev–Trinajstić information content (AvgIpc) is 2.96. The van der Waals surface area contributed by atoms with Gasteiger partial charge in [-0.05, 0) is 40.5 Å². The molecule has 0 saturated carbocycles. The third-order valence-electron chi connectivity index (χ3n) is 2.44. The van der Waals surface area contributed by atoms with Gasteiger partial charge in [0.05, 0.1) is 8.45 Å². The predicted molar refractivity (Wildman–Crippen MR) is 88.9 cm³/mol. The molecule has 0 atom stereocenters. The minimum atomic E-state index is -0.0270. The van der Waals surface area contributed by atoms with Crippen LogP contribution < -0.4 is 16.4 Å². The fourth-order valence-electron chi connectivity index (χ4n) is 1.50. The lowest BCUT2D eigenvalue weighted by atomic mass is 10.4. The van der Waals surface area contributed by atoms with E-state index in [4.69, 9.17) is 5.73 Å². The van der Waals surface area contributed by atoms with Crippen molar-refractivity contribution in [1.82, 2.24) is 15.3 Å². The summed E-state index contributed by atoms with van der Waals surface area (Å²) in [5, 5.41) is 7.93. The van der Waals surface area contributed by atoms with Gasteiger partial charge < -0.3 is 16.4 Å². The zero-order chi connectivity index (χ0) is 14.4. The average molecular weight is 403 g/mol. The highest BCUT2D eigenvalue weighted by molar-refractivity contribution is 14.1. The van der Waals surface area contributed by atoms with Crippen LogP contribution in [0.4, 0.5) is 11.8 Å². The molecular formula is C12H14IN5OS. The maximum atomic E-state index is 11.7. The molecule has 0 aliphatic heterocycles. The van der Waals surface area contributed by atoms with Crippen molar-refractivity contribution in [3.8, 4) is 0 Å². The van der Waals surface area contributed by atoms with E-state index in [2.05, 4.69) is 43.2 Å². The van der Waals surface area contributed by atoms with Crippen molar-refractivity contribution in [2.24, 2.45) is 0 Å². The third kappa shape index (κ3) is 4.30. The topological polar surface area (TPSA) is 92.9 Å². The Morgan fingerprint density at radius 3 is 3.05 bits per heavy atom. The molecule has 6 nitrogen and oxygen atoms in total. The normalized spacial score (nSPS) is 10.2. The highest BCUT2D eigenvalue weighted by Crippen LogP contribution is 2.14. The van der Waals surface area contributed by atoms with Gasteiger partial charge in [-0.3, -0.25) is 4.79 Å². The van der Waals surface area contributed by atoms with Gasteiger partial charge in [0.2, 0.25) is 5.95 Å². The molecule has 0 bridgehead atoms. The number of carbonyl (C=O) groups excluding carboxylic acids is 1. The summed E-state index contributed by atoms with van der Waals surface area (Å²) in [7, 11) is 0. The van der Waals surface area contributed by atoms with Crippen LogP contribution in [0.25, 0.3) is 0 Å². The van der Waals surface area contributed by atoms with Crippen molar-refractivity contribution in [2.75, 3.05) is 24.1 Å². The lowest BCUT2D eigenvalue weighted by molar-refractivity contribution is 0.0957. The van der Waals surface area contributed by atoms with Crippen molar-refractivity contribution in [2.45, 2.75) is 6.42 Å². The molecule has 0 aromatic carbocycles. The van der Waals surface area contributed by atoms with Gasteiger partial charge in [0.25, 0.3) is 5.91 Å². The summed E-state index contributed by atoms with van der Waals surface area (Å²) in [6.07, 6.45) is 2.47. The van der Waals surface area contributed by atoms with Crippen LogP contribution >= 0.6 is 33.9 Å². The second kappa shape index (κ2) is 7.39. The SMILES string of the molecule is Nc1ncc(I)c(NCCCNC(=O)c2cccs2)n1. The lowest BCUT2D eigenvalue weighted by Gasteiger charge is -2.08. The smallest absolute Gasteiger partial charge is 0.261 e. The van der Waals surface area contributed by atoms with E-state index in [0.717, 1.165) is 20.7 Å². The number of amides is 1. The fraction of sp³-hybridized carbons (Fsp3) is 0.250. The Morgan fingerprint density at radius 1 is 1.45 bits per heavy atom. The highest BCUT2D eigenvalue weighted by Gasteiger charge is 2.05. The number of halogens is 1. The molecule has 106 valence electrons. The van der Waals surface area contributed by atoms with E-state index in [1.165, 1.54) is 11.3 Å². The Hall–Kier alpha value is -1.42. The van der Waals surface area contributed by atoms with Crippen LogP contribution in [-0.2, 0) is 0 Å². The van der Waals surface area contributed by atoms with E-state index in [1.807, 2.05) is 17.5 Å². The number of nitrogens with one attached hydrogen (secondary N) is 2. The number of nitrogens with zero attached hydrogens (tertiary/aromatic N) is 2. The molecule has 2 heterocycles. The molecule has 8 heteroatoms. The van der Waals surface area contributed by atoms with Gasteiger partial charge in [-0.15, -0.1) is 11.3 Å². The van der Waals surface area contributed by atoms with E-state index in [-0.39, 0.29) is 11.9 Å². The van der Waals surface area contributed by atoms with Crippen LogP contribution in [0.2, 0.25) is 0 Å². The van der Waals surface area contributed by atoms with Crippen molar-refractivity contribution < 1.29 is 4.79 Å². The summed E-state index contributed by atoms with van der Waals surface area (Å²) in [6.45, 7) is 1.32. The van der Waals surface area contributed by atoms with Gasteiger partial charge in [0.1, 0.15) is 5.82 Å². The van der Waals surface area contributed by atoms with Crippen LogP contribution in [0.5, 0.6) is 0 Å². The van der Waals surface area contributed by atoms with E-state index in [1.54, 1.807) is 6.20 Å². The maximum absolute atomic E-state index is 11.7. The predicted octanol–water partition coefficient (Wildman–Crippen LogP) is 1.96. The minimum Gasteiger partial charge on any atom is -0.369 e. The summed E-state index contributed by atoms with van der Waals surface area (Å²) < 4.78 is 0.916. The molecule has 0 spiro atoms.